The predicted molar refractivity (Wildman–Crippen MR) is 38.6 cm³/mol. The first-order chi connectivity index (χ1) is 4.71. The molecule has 1 saturated carbocycles. The number of aliphatic hydroxyl groups is 1. The molecule has 0 heterocycles. The van der Waals surface area contributed by atoms with Crippen LogP contribution in [0.1, 0.15) is 32.6 Å². The maximum Gasteiger partial charge on any atom is 0.103 e. The van der Waals surface area contributed by atoms with Gasteiger partial charge in [0.1, 0.15) is 6.17 Å². The number of aliphatic hydroxyl groups excluding tert-OH is 1. The lowest BCUT2D eigenvalue weighted by atomic mass is 9.64. The first-order valence-electron chi connectivity index (χ1n) is 3.96. The van der Waals surface area contributed by atoms with Gasteiger partial charge in [0.25, 0.3) is 0 Å². The molecule has 60 valence electrons. The van der Waals surface area contributed by atoms with Crippen molar-refractivity contribution in [1.82, 2.24) is 0 Å². The number of alkyl halides is 1. The van der Waals surface area contributed by atoms with Gasteiger partial charge in [0, 0.05) is 12.0 Å². The average Bonchev–Trinajstić information content (AvgIpc) is 1.77. The third kappa shape index (κ3) is 1.17. The van der Waals surface area contributed by atoms with E-state index in [0.717, 1.165) is 19.3 Å². The van der Waals surface area contributed by atoms with E-state index in [1.54, 1.807) is 6.92 Å². The molecule has 1 atom stereocenters. The van der Waals surface area contributed by atoms with E-state index in [0.29, 0.717) is 6.42 Å². The van der Waals surface area contributed by atoms with Crippen LogP contribution in [0.5, 0.6) is 0 Å². The summed E-state index contributed by atoms with van der Waals surface area (Å²) in [6, 6.07) is 0. The third-order valence-corrected chi connectivity index (χ3v) is 2.80. The van der Waals surface area contributed by atoms with Crippen LogP contribution in [0.4, 0.5) is 4.39 Å². The number of hydrogen-bond acceptors (Lipinski definition) is 1. The van der Waals surface area contributed by atoms with Gasteiger partial charge in [0.15, 0.2) is 0 Å². The summed E-state index contributed by atoms with van der Waals surface area (Å²) in [5.74, 6) is 0. The molecule has 0 saturated heterocycles. The summed E-state index contributed by atoms with van der Waals surface area (Å²) in [5.41, 5.74) is -0.144. The van der Waals surface area contributed by atoms with Crippen LogP contribution in [0.3, 0.4) is 0 Å². The molecular formula is C8H15FO. The van der Waals surface area contributed by atoms with E-state index < -0.39 is 6.17 Å². The van der Waals surface area contributed by atoms with Crippen molar-refractivity contribution >= 4 is 0 Å². The summed E-state index contributed by atoms with van der Waals surface area (Å²) in [6.07, 6.45) is 2.96. The molecule has 0 amide bonds. The Hall–Kier alpha value is -0.110. The Morgan fingerprint density at radius 1 is 1.60 bits per heavy atom. The second kappa shape index (κ2) is 2.87. The first kappa shape index (κ1) is 7.99. The van der Waals surface area contributed by atoms with Crippen LogP contribution < -0.4 is 0 Å². The molecule has 10 heavy (non-hydrogen) atoms. The van der Waals surface area contributed by atoms with E-state index in [-0.39, 0.29) is 12.0 Å². The Kier molecular flexibility index (Phi) is 2.29. The fraction of sp³-hybridized carbons (Fsp3) is 1.00. The number of rotatable bonds is 3. The molecule has 0 aromatic rings. The quantitative estimate of drug-likeness (QED) is 0.644. The molecule has 2 heteroatoms. The largest absolute Gasteiger partial charge is 0.396 e. The molecule has 1 aliphatic rings. The summed E-state index contributed by atoms with van der Waals surface area (Å²) < 4.78 is 12.9. The van der Waals surface area contributed by atoms with Gasteiger partial charge in [0.2, 0.25) is 0 Å². The van der Waals surface area contributed by atoms with Crippen LogP contribution in [0.15, 0.2) is 0 Å². The molecule has 0 spiro atoms. The average molecular weight is 146 g/mol. The Bertz CT molecular complexity index is 108. The molecule has 1 fully saturated rings. The van der Waals surface area contributed by atoms with E-state index >= 15 is 0 Å². The summed E-state index contributed by atoms with van der Waals surface area (Å²) >= 11 is 0. The Balaban J connectivity index is 2.42. The molecule has 0 bridgehead atoms. The molecule has 0 radical (unpaired) electrons. The van der Waals surface area contributed by atoms with Crippen molar-refractivity contribution in [3.63, 3.8) is 0 Å². The minimum absolute atomic E-state index is 0.133. The maximum atomic E-state index is 12.9. The highest BCUT2D eigenvalue weighted by Crippen LogP contribution is 2.47. The van der Waals surface area contributed by atoms with Gasteiger partial charge in [-0.2, -0.15) is 0 Å². The second-order valence-electron chi connectivity index (χ2n) is 3.31. The van der Waals surface area contributed by atoms with Gasteiger partial charge in [0.05, 0.1) is 0 Å². The molecule has 1 rings (SSSR count). The summed E-state index contributed by atoms with van der Waals surface area (Å²) in [5, 5.41) is 8.65. The van der Waals surface area contributed by atoms with E-state index in [1.807, 2.05) is 0 Å². The Morgan fingerprint density at radius 2 is 2.20 bits per heavy atom. The zero-order valence-corrected chi connectivity index (χ0v) is 6.44. The Morgan fingerprint density at radius 3 is 2.30 bits per heavy atom. The normalized spacial score (nSPS) is 25.5. The fourth-order valence-electron chi connectivity index (χ4n) is 1.70. The second-order valence-corrected chi connectivity index (χ2v) is 3.31. The Labute approximate surface area is 61.2 Å². The van der Waals surface area contributed by atoms with E-state index in [1.165, 1.54) is 0 Å². The first-order valence-corrected chi connectivity index (χ1v) is 3.96. The van der Waals surface area contributed by atoms with Gasteiger partial charge in [-0.25, -0.2) is 4.39 Å². The zero-order valence-electron chi connectivity index (χ0n) is 6.44. The molecule has 0 aromatic heterocycles. The smallest absolute Gasteiger partial charge is 0.103 e. The monoisotopic (exact) mass is 146 g/mol. The minimum atomic E-state index is -0.742. The highest BCUT2D eigenvalue weighted by atomic mass is 19.1. The summed E-state index contributed by atoms with van der Waals surface area (Å²) in [7, 11) is 0. The van der Waals surface area contributed by atoms with Crippen molar-refractivity contribution in [3.8, 4) is 0 Å². The van der Waals surface area contributed by atoms with Crippen molar-refractivity contribution in [3.05, 3.63) is 0 Å². The summed E-state index contributed by atoms with van der Waals surface area (Å²) in [6.45, 7) is 1.74. The number of hydrogen-bond donors (Lipinski definition) is 1. The van der Waals surface area contributed by atoms with Crippen LogP contribution in [-0.4, -0.2) is 17.9 Å². The van der Waals surface area contributed by atoms with E-state index in [9.17, 15) is 4.39 Å². The lowest BCUT2D eigenvalue weighted by molar-refractivity contribution is 0.00696. The van der Waals surface area contributed by atoms with Crippen molar-refractivity contribution < 1.29 is 9.50 Å². The van der Waals surface area contributed by atoms with Crippen LogP contribution in [-0.2, 0) is 0 Å². The lowest BCUT2D eigenvalue weighted by Gasteiger charge is -2.43. The molecule has 0 aromatic carbocycles. The van der Waals surface area contributed by atoms with Gasteiger partial charge in [-0.15, -0.1) is 0 Å². The topological polar surface area (TPSA) is 20.2 Å². The van der Waals surface area contributed by atoms with Crippen molar-refractivity contribution in [2.24, 2.45) is 5.41 Å². The van der Waals surface area contributed by atoms with Gasteiger partial charge < -0.3 is 5.11 Å². The van der Waals surface area contributed by atoms with Gasteiger partial charge in [-0.1, -0.05) is 6.42 Å². The third-order valence-electron chi connectivity index (χ3n) is 2.80. The number of halogens is 1. The van der Waals surface area contributed by atoms with Crippen LogP contribution in [0, 0.1) is 5.41 Å². The van der Waals surface area contributed by atoms with Crippen molar-refractivity contribution in [2.45, 2.75) is 38.8 Å². The summed E-state index contributed by atoms with van der Waals surface area (Å²) in [4.78, 5) is 0. The SMILES string of the molecule is CC(F)C1(CCO)CCC1. The highest BCUT2D eigenvalue weighted by Gasteiger charge is 2.41. The van der Waals surface area contributed by atoms with Gasteiger partial charge >= 0.3 is 0 Å². The predicted octanol–water partition coefficient (Wildman–Crippen LogP) is 1.90. The molecular weight excluding hydrogens is 131 g/mol. The van der Waals surface area contributed by atoms with Crippen molar-refractivity contribution in [2.75, 3.05) is 6.61 Å². The van der Waals surface area contributed by atoms with E-state index in [4.69, 9.17) is 5.11 Å². The van der Waals surface area contributed by atoms with Gasteiger partial charge in [-0.05, 0) is 26.2 Å². The van der Waals surface area contributed by atoms with Crippen LogP contribution in [0.2, 0.25) is 0 Å². The van der Waals surface area contributed by atoms with Crippen LogP contribution >= 0.6 is 0 Å². The molecule has 1 aliphatic carbocycles. The minimum Gasteiger partial charge on any atom is -0.396 e. The van der Waals surface area contributed by atoms with Crippen LogP contribution in [0.25, 0.3) is 0 Å². The molecule has 1 N–H and O–H groups in total. The fourth-order valence-corrected chi connectivity index (χ4v) is 1.70. The maximum absolute atomic E-state index is 12.9. The lowest BCUT2D eigenvalue weighted by Crippen LogP contribution is -2.38. The molecule has 1 nitrogen and oxygen atoms in total. The molecule has 0 aliphatic heterocycles. The van der Waals surface area contributed by atoms with Gasteiger partial charge in [-0.3, -0.25) is 0 Å². The highest BCUT2D eigenvalue weighted by molar-refractivity contribution is 4.91. The van der Waals surface area contributed by atoms with E-state index in [2.05, 4.69) is 0 Å². The zero-order chi connectivity index (χ0) is 7.61. The van der Waals surface area contributed by atoms with Crippen molar-refractivity contribution in [1.29, 1.82) is 0 Å². The standard InChI is InChI=1S/C8H15FO/c1-7(9)8(5-6-10)3-2-4-8/h7,10H,2-6H2,1H3. The molecule has 1 unspecified atom stereocenters.